The summed E-state index contributed by atoms with van der Waals surface area (Å²) in [6.07, 6.45) is 3.21. The maximum absolute atomic E-state index is 12.7. The number of rotatable bonds is 6. The largest absolute Gasteiger partial charge is 0.341 e. The van der Waals surface area contributed by atoms with Crippen LogP contribution in [-0.4, -0.2) is 60.9 Å². The molecular weight excluding hydrogens is 278 g/mol. The van der Waals surface area contributed by atoms with Crippen molar-refractivity contribution in [1.82, 2.24) is 15.1 Å². The second-order valence-corrected chi connectivity index (χ2v) is 7.10. The van der Waals surface area contributed by atoms with Gasteiger partial charge in [0.25, 0.3) is 0 Å². The van der Waals surface area contributed by atoms with Gasteiger partial charge in [-0.25, -0.2) is 0 Å². The summed E-state index contributed by atoms with van der Waals surface area (Å²) in [6, 6.07) is -0.0128. The maximum atomic E-state index is 12.7. The van der Waals surface area contributed by atoms with Gasteiger partial charge in [-0.2, -0.15) is 0 Å². The first-order chi connectivity index (χ1) is 10.2. The van der Waals surface area contributed by atoms with Gasteiger partial charge in [0.2, 0.25) is 11.8 Å². The molecule has 0 aromatic rings. The molecule has 0 saturated carbocycles. The lowest BCUT2D eigenvalue weighted by atomic mass is 10.0. The second kappa shape index (κ2) is 8.32. The zero-order valence-electron chi connectivity index (χ0n) is 14.8. The molecule has 5 nitrogen and oxygen atoms in total. The number of nitrogens with zero attached hydrogens (tertiary/aromatic N) is 2. The van der Waals surface area contributed by atoms with Gasteiger partial charge in [0, 0.05) is 25.2 Å². The molecule has 0 spiro atoms. The van der Waals surface area contributed by atoms with E-state index in [-0.39, 0.29) is 11.8 Å². The summed E-state index contributed by atoms with van der Waals surface area (Å²) in [7, 11) is 4.08. The van der Waals surface area contributed by atoms with Crippen molar-refractivity contribution in [2.45, 2.75) is 52.6 Å². The Hall–Kier alpha value is -1.36. The first-order valence-electron chi connectivity index (χ1n) is 8.11. The highest BCUT2D eigenvalue weighted by molar-refractivity contribution is 5.93. The van der Waals surface area contributed by atoms with Crippen molar-refractivity contribution in [1.29, 1.82) is 0 Å². The number of carbonyl (C=O) groups excluding carboxylic acids is 2. The highest BCUT2D eigenvalue weighted by Crippen LogP contribution is 2.16. The number of likely N-dealkylation sites (tertiary alicyclic amines) is 1. The Morgan fingerprint density at radius 1 is 1.32 bits per heavy atom. The minimum atomic E-state index is -0.427. The van der Waals surface area contributed by atoms with Crippen LogP contribution in [0.3, 0.4) is 0 Å². The molecule has 1 aliphatic heterocycles. The monoisotopic (exact) mass is 309 g/mol. The van der Waals surface area contributed by atoms with E-state index in [4.69, 9.17) is 0 Å². The fourth-order valence-corrected chi connectivity index (χ4v) is 2.75. The number of likely N-dealkylation sites (N-methyl/N-ethyl adjacent to an activating group) is 1. The molecule has 0 unspecified atom stereocenters. The molecule has 5 heteroatoms. The lowest BCUT2D eigenvalue weighted by Crippen LogP contribution is -2.48. The topological polar surface area (TPSA) is 52.7 Å². The molecule has 0 bridgehead atoms. The van der Waals surface area contributed by atoms with Crippen LogP contribution < -0.4 is 5.32 Å². The lowest BCUT2D eigenvalue weighted by Gasteiger charge is -2.26. The SMILES string of the molecule is CC(C)=CC(=O)N[C@@H](CC(C)C)C(=O)N1CC[C@@H](N(C)C)C1. The zero-order valence-corrected chi connectivity index (χ0v) is 14.8. The van der Waals surface area contributed by atoms with Crippen LogP contribution >= 0.6 is 0 Å². The minimum absolute atomic E-state index is 0.0496. The number of nitrogens with one attached hydrogen (secondary N) is 1. The van der Waals surface area contributed by atoms with Crippen LogP contribution in [0, 0.1) is 5.92 Å². The molecule has 126 valence electrons. The smallest absolute Gasteiger partial charge is 0.245 e. The lowest BCUT2D eigenvalue weighted by molar-refractivity contribution is -0.135. The van der Waals surface area contributed by atoms with Crippen molar-refractivity contribution < 1.29 is 9.59 Å². The highest BCUT2D eigenvalue weighted by Gasteiger charge is 2.32. The van der Waals surface area contributed by atoms with Crippen LogP contribution in [0.1, 0.15) is 40.5 Å². The van der Waals surface area contributed by atoms with Gasteiger partial charge < -0.3 is 15.1 Å². The molecule has 0 aliphatic carbocycles. The number of hydrogen-bond donors (Lipinski definition) is 1. The zero-order chi connectivity index (χ0) is 16.9. The summed E-state index contributed by atoms with van der Waals surface area (Å²) in [5, 5.41) is 2.88. The number of allylic oxidation sites excluding steroid dienone is 1. The van der Waals surface area contributed by atoms with E-state index in [1.165, 1.54) is 0 Å². The van der Waals surface area contributed by atoms with Gasteiger partial charge in [0.15, 0.2) is 0 Å². The van der Waals surface area contributed by atoms with Crippen molar-refractivity contribution in [2.75, 3.05) is 27.2 Å². The quantitative estimate of drug-likeness (QED) is 0.759. The molecule has 22 heavy (non-hydrogen) atoms. The Labute approximate surface area is 134 Å². The first kappa shape index (κ1) is 18.7. The van der Waals surface area contributed by atoms with Gasteiger partial charge in [-0.1, -0.05) is 19.4 Å². The van der Waals surface area contributed by atoms with Crippen molar-refractivity contribution in [2.24, 2.45) is 5.92 Å². The molecule has 1 fully saturated rings. The standard InChI is InChI=1S/C17H31N3O2/c1-12(2)9-15(18-16(21)10-13(3)4)17(22)20-8-7-14(11-20)19(5)6/h10,12,14-15H,7-9,11H2,1-6H3,(H,18,21)/t14-,15+/m1/s1. The summed E-state index contributed by atoms with van der Waals surface area (Å²) in [4.78, 5) is 28.8. The van der Waals surface area contributed by atoms with Crippen LogP contribution in [0.4, 0.5) is 0 Å². The van der Waals surface area contributed by atoms with E-state index in [0.29, 0.717) is 18.4 Å². The third-order valence-corrected chi connectivity index (χ3v) is 3.95. The van der Waals surface area contributed by atoms with Crippen molar-refractivity contribution in [3.05, 3.63) is 11.6 Å². The third-order valence-electron chi connectivity index (χ3n) is 3.95. The van der Waals surface area contributed by atoms with Gasteiger partial charge >= 0.3 is 0 Å². The predicted octanol–water partition coefficient (Wildman–Crippen LogP) is 1.65. The Morgan fingerprint density at radius 2 is 1.95 bits per heavy atom. The molecule has 0 radical (unpaired) electrons. The van der Waals surface area contributed by atoms with Crippen LogP contribution in [0.2, 0.25) is 0 Å². The predicted molar refractivity (Wildman–Crippen MR) is 89.5 cm³/mol. The van der Waals surface area contributed by atoms with E-state index < -0.39 is 6.04 Å². The van der Waals surface area contributed by atoms with Crippen LogP contribution in [-0.2, 0) is 9.59 Å². The Kier molecular flexibility index (Phi) is 7.07. The van der Waals surface area contributed by atoms with Gasteiger partial charge in [0.05, 0.1) is 0 Å². The fourth-order valence-electron chi connectivity index (χ4n) is 2.75. The summed E-state index contributed by atoms with van der Waals surface area (Å²) in [6.45, 7) is 9.41. The molecule has 2 amide bonds. The Bertz CT molecular complexity index is 426. The average molecular weight is 309 g/mol. The van der Waals surface area contributed by atoms with E-state index in [1.807, 2.05) is 32.8 Å². The Morgan fingerprint density at radius 3 is 2.41 bits per heavy atom. The van der Waals surface area contributed by atoms with E-state index in [2.05, 4.69) is 24.1 Å². The van der Waals surface area contributed by atoms with Crippen LogP contribution in [0.5, 0.6) is 0 Å². The molecule has 1 heterocycles. The van der Waals surface area contributed by atoms with E-state index in [1.54, 1.807) is 6.08 Å². The molecule has 1 N–H and O–H groups in total. The number of hydrogen-bond acceptors (Lipinski definition) is 3. The van der Waals surface area contributed by atoms with Gasteiger partial charge in [-0.3, -0.25) is 9.59 Å². The van der Waals surface area contributed by atoms with Gasteiger partial charge in [0.1, 0.15) is 6.04 Å². The summed E-state index contributed by atoms with van der Waals surface area (Å²) in [5.74, 6) is 0.226. The number of amides is 2. The summed E-state index contributed by atoms with van der Waals surface area (Å²) >= 11 is 0. The van der Waals surface area contributed by atoms with Crippen LogP contribution in [0.25, 0.3) is 0 Å². The molecule has 1 aliphatic rings. The Balaban J connectivity index is 2.73. The fraction of sp³-hybridized carbons (Fsp3) is 0.765. The summed E-state index contributed by atoms with van der Waals surface area (Å²) in [5.41, 5.74) is 0.932. The molecular formula is C17H31N3O2. The van der Waals surface area contributed by atoms with E-state index in [0.717, 1.165) is 25.1 Å². The normalized spacial score (nSPS) is 19.5. The molecule has 0 aromatic carbocycles. The molecule has 2 atom stereocenters. The first-order valence-corrected chi connectivity index (χ1v) is 8.11. The number of carbonyl (C=O) groups is 2. The van der Waals surface area contributed by atoms with Gasteiger partial charge in [-0.05, 0) is 46.7 Å². The van der Waals surface area contributed by atoms with Crippen molar-refractivity contribution in [3.63, 3.8) is 0 Å². The third kappa shape index (κ3) is 5.79. The molecule has 0 aromatic heterocycles. The van der Waals surface area contributed by atoms with Crippen molar-refractivity contribution >= 4 is 11.8 Å². The van der Waals surface area contributed by atoms with E-state index >= 15 is 0 Å². The molecule has 1 rings (SSSR count). The minimum Gasteiger partial charge on any atom is -0.341 e. The average Bonchev–Trinajstić information content (AvgIpc) is 2.85. The molecule has 1 saturated heterocycles. The summed E-state index contributed by atoms with van der Waals surface area (Å²) < 4.78 is 0. The second-order valence-electron chi connectivity index (χ2n) is 7.10. The van der Waals surface area contributed by atoms with Gasteiger partial charge in [-0.15, -0.1) is 0 Å². The highest BCUT2D eigenvalue weighted by atomic mass is 16.2. The van der Waals surface area contributed by atoms with Crippen molar-refractivity contribution in [3.8, 4) is 0 Å². The maximum Gasteiger partial charge on any atom is 0.245 e. The van der Waals surface area contributed by atoms with E-state index in [9.17, 15) is 9.59 Å². The van der Waals surface area contributed by atoms with Crippen LogP contribution in [0.15, 0.2) is 11.6 Å².